The van der Waals surface area contributed by atoms with Crippen molar-refractivity contribution in [2.75, 3.05) is 11.9 Å². The highest BCUT2D eigenvalue weighted by Crippen LogP contribution is 2.11. The quantitative estimate of drug-likeness (QED) is 0.868. The fourth-order valence-corrected chi connectivity index (χ4v) is 1.56. The average molecular weight is 284 g/mol. The smallest absolute Gasteiger partial charge is 0.243 e. The van der Waals surface area contributed by atoms with E-state index in [1.807, 2.05) is 18.3 Å². The average Bonchev–Trinajstić information content (AvgIpc) is 2.58. The van der Waals surface area contributed by atoms with Crippen molar-refractivity contribution in [1.82, 2.24) is 14.6 Å². The number of nitrogens with two attached hydrogens (primary N) is 1. The molecule has 0 saturated heterocycles. The lowest BCUT2D eigenvalue weighted by Crippen LogP contribution is -2.16. The van der Waals surface area contributed by atoms with Crippen LogP contribution in [0.2, 0.25) is 0 Å². The zero-order valence-electron chi connectivity index (χ0n) is 8.35. The Morgan fingerprint density at radius 2 is 2.38 bits per heavy atom. The highest BCUT2D eigenvalue weighted by atomic mass is 79.9. The van der Waals surface area contributed by atoms with E-state index in [1.54, 1.807) is 4.52 Å². The third-order valence-electron chi connectivity index (χ3n) is 1.95. The first-order valence-corrected chi connectivity index (χ1v) is 5.48. The van der Waals surface area contributed by atoms with Crippen LogP contribution in [0.1, 0.15) is 6.42 Å². The first-order chi connectivity index (χ1) is 7.65. The predicted octanol–water partition coefficient (Wildman–Crippen LogP) is 0.779. The van der Waals surface area contributed by atoms with Crippen LogP contribution in [0.15, 0.2) is 22.8 Å². The number of rotatable bonds is 4. The summed E-state index contributed by atoms with van der Waals surface area (Å²) in [4.78, 5) is 14.8. The van der Waals surface area contributed by atoms with E-state index >= 15 is 0 Å². The number of halogens is 1. The minimum atomic E-state index is -0.348. The van der Waals surface area contributed by atoms with Gasteiger partial charge in [0.05, 0.1) is 0 Å². The molecule has 0 aliphatic rings. The van der Waals surface area contributed by atoms with Crippen molar-refractivity contribution in [3.8, 4) is 0 Å². The van der Waals surface area contributed by atoms with Crippen LogP contribution in [0, 0.1) is 0 Å². The van der Waals surface area contributed by atoms with Crippen LogP contribution in [0.25, 0.3) is 5.65 Å². The Kier molecular flexibility index (Phi) is 3.04. The van der Waals surface area contributed by atoms with E-state index in [4.69, 9.17) is 5.73 Å². The van der Waals surface area contributed by atoms with Gasteiger partial charge in [-0.1, -0.05) is 0 Å². The molecule has 7 heteroatoms. The number of anilines is 1. The molecule has 0 bridgehead atoms. The summed E-state index contributed by atoms with van der Waals surface area (Å²) in [6.45, 7) is 0.438. The fourth-order valence-electron chi connectivity index (χ4n) is 1.23. The van der Waals surface area contributed by atoms with Crippen LogP contribution >= 0.6 is 15.9 Å². The molecule has 3 N–H and O–H groups in total. The first-order valence-electron chi connectivity index (χ1n) is 4.69. The number of amides is 1. The second kappa shape index (κ2) is 4.48. The van der Waals surface area contributed by atoms with E-state index in [9.17, 15) is 4.79 Å². The predicted molar refractivity (Wildman–Crippen MR) is 63.0 cm³/mol. The largest absolute Gasteiger partial charge is 0.370 e. The number of nitrogens with zero attached hydrogens (tertiary/aromatic N) is 3. The van der Waals surface area contributed by atoms with Gasteiger partial charge in [0.2, 0.25) is 11.9 Å². The number of hydrogen-bond donors (Lipinski definition) is 2. The maximum atomic E-state index is 10.5. The van der Waals surface area contributed by atoms with E-state index < -0.39 is 0 Å². The lowest BCUT2D eigenvalue weighted by atomic mass is 10.4. The molecule has 0 spiro atoms. The summed E-state index contributed by atoms with van der Waals surface area (Å²) in [5.74, 6) is 0.137. The maximum Gasteiger partial charge on any atom is 0.243 e. The molecule has 84 valence electrons. The molecule has 2 rings (SSSR count). The van der Waals surface area contributed by atoms with Gasteiger partial charge in [0, 0.05) is 23.6 Å². The van der Waals surface area contributed by atoms with Gasteiger partial charge in [0.15, 0.2) is 5.65 Å². The number of aromatic nitrogens is 3. The molecule has 0 atom stereocenters. The van der Waals surface area contributed by atoms with Crippen molar-refractivity contribution < 1.29 is 4.79 Å². The monoisotopic (exact) mass is 283 g/mol. The van der Waals surface area contributed by atoms with Gasteiger partial charge in [0.1, 0.15) is 0 Å². The van der Waals surface area contributed by atoms with Gasteiger partial charge in [-0.05, 0) is 28.1 Å². The zero-order valence-corrected chi connectivity index (χ0v) is 9.94. The molecule has 0 fully saturated rings. The van der Waals surface area contributed by atoms with Gasteiger partial charge in [-0.15, -0.1) is 5.10 Å². The molecule has 0 unspecified atom stereocenters. The van der Waals surface area contributed by atoms with Gasteiger partial charge >= 0.3 is 0 Å². The van der Waals surface area contributed by atoms with Crippen LogP contribution in [0.5, 0.6) is 0 Å². The minimum Gasteiger partial charge on any atom is -0.370 e. The standard InChI is InChI=1S/C9H10BrN5O/c10-6-1-2-8-13-9(14-15(8)5-6)12-4-3-7(11)16/h1-2,5H,3-4H2,(H2,11,16)(H,12,14). The molecule has 16 heavy (non-hydrogen) atoms. The Morgan fingerprint density at radius 3 is 3.12 bits per heavy atom. The van der Waals surface area contributed by atoms with Gasteiger partial charge in [-0.2, -0.15) is 4.98 Å². The van der Waals surface area contributed by atoms with Crippen molar-refractivity contribution >= 4 is 33.4 Å². The Balaban J connectivity index is 2.10. The molecule has 0 aliphatic carbocycles. The third-order valence-corrected chi connectivity index (χ3v) is 2.42. The second-order valence-corrected chi connectivity index (χ2v) is 4.14. The van der Waals surface area contributed by atoms with Gasteiger partial charge < -0.3 is 11.1 Å². The molecule has 2 aromatic rings. The Hall–Kier alpha value is -1.63. The van der Waals surface area contributed by atoms with E-state index in [0.717, 1.165) is 10.1 Å². The molecular weight excluding hydrogens is 274 g/mol. The molecule has 1 amide bonds. The van der Waals surface area contributed by atoms with Gasteiger partial charge in [0.25, 0.3) is 0 Å². The summed E-state index contributed by atoms with van der Waals surface area (Å²) in [6.07, 6.45) is 2.07. The Bertz CT molecular complexity index is 524. The van der Waals surface area contributed by atoms with Crippen molar-refractivity contribution in [1.29, 1.82) is 0 Å². The molecule has 2 aromatic heterocycles. The van der Waals surface area contributed by atoms with Crippen LogP contribution in [0.4, 0.5) is 5.95 Å². The fraction of sp³-hybridized carbons (Fsp3) is 0.222. The summed E-state index contributed by atoms with van der Waals surface area (Å²) in [7, 11) is 0. The number of primary amides is 1. The SMILES string of the molecule is NC(=O)CCNc1nc2ccc(Br)cn2n1. The maximum absolute atomic E-state index is 10.5. The lowest BCUT2D eigenvalue weighted by Gasteiger charge is -1.96. The van der Waals surface area contributed by atoms with Crippen LogP contribution < -0.4 is 11.1 Å². The highest BCUT2D eigenvalue weighted by Gasteiger charge is 2.03. The summed E-state index contributed by atoms with van der Waals surface area (Å²) in [6, 6.07) is 3.73. The van der Waals surface area contributed by atoms with E-state index in [0.29, 0.717) is 12.5 Å². The normalized spacial score (nSPS) is 10.6. The molecule has 0 radical (unpaired) electrons. The lowest BCUT2D eigenvalue weighted by molar-refractivity contribution is -0.117. The van der Waals surface area contributed by atoms with E-state index in [1.165, 1.54) is 0 Å². The summed E-state index contributed by atoms with van der Waals surface area (Å²) >= 11 is 3.34. The van der Waals surface area contributed by atoms with Crippen LogP contribution in [-0.2, 0) is 4.79 Å². The third kappa shape index (κ3) is 2.48. The molecule has 6 nitrogen and oxygen atoms in total. The first kappa shape index (κ1) is 10.9. The molecule has 0 saturated carbocycles. The number of fused-ring (bicyclic) bond motifs is 1. The number of pyridine rings is 1. The molecule has 0 aromatic carbocycles. The number of carbonyl (C=O) groups excluding carboxylic acids is 1. The molecular formula is C9H10BrN5O. The van der Waals surface area contributed by atoms with E-state index in [-0.39, 0.29) is 12.3 Å². The van der Waals surface area contributed by atoms with Crippen molar-refractivity contribution in [2.45, 2.75) is 6.42 Å². The van der Waals surface area contributed by atoms with E-state index in [2.05, 4.69) is 31.3 Å². The minimum absolute atomic E-state index is 0.263. The Morgan fingerprint density at radius 1 is 1.56 bits per heavy atom. The molecule has 0 aliphatic heterocycles. The van der Waals surface area contributed by atoms with Crippen LogP contribution in [-0.4, -0.2) is 27.0 Å². The number of carbonyl (C=O) groups is 1. The van der Waals surface area contributed by atoms with Gasteiger partial charge in [-0.3, -0.25) is 4.79 Å². The van der Waals surface area contributed by atoms with Crippen molar-refractivity contribution in [3.63, 3.8) is 0 Å². The van der Waals surface area contributed by atoms with Crippen molar-refractivity contribution in [3.05, 3.63) is 22.8 Å². The topological polar surface area (TPSA) is 85.3 Å². The summed E-state index contributed by atoms with van der Waals surface area (Å²) < 4.78 is 2.57. The second-order valence-electron chi connectivity index (χ2n) is 3.23. The highest BCUT2D eigenvalue weighted by molar-refractivity contribution is 9.10. The summed E-state index contributed by atoms with van der Waals surface area (Å²) in [5, 5.41) is 7.11. The summed E-state index contributed by atoms with van der Waals surface area (Å²) in [5.41, 5.74) is 5.76. The number of nitrogens with one attached hydrogen (secondary N) is 1. The zero-order chi connectivity index (χ0) is 11.5. The van der Waals surface area contributed by atoms with Crippen LogP contribution in [0.3, 0.4) is 0 Å². The Labute approximate surface area is 100.0 Å². The van der Waals surface area contributed by atoms with Crippen molar-refractivity contribution in [2.24, 2.45) is 5.73 Å². The van der Waals surface area contributed by atoms with Gasteiger partial charge in [-0.25, -0.2) is 4.52 Å². The number of hydrogen-bond acceptors (Lipinski definition) is 4. The molecule has 2 heterocycles.